The molecule has 1 amide bonds. The van der Waals surface area contributed by atoms with Gasteiger partial charge in [0, 0.05) is 19.2 Å². The number of hydrogen-bond acceptors (Lipinski definition) is 3. The monoisotopic (exact) mass is 293 g/mol. The zero-order chi connectivity index (χ0) is 14.5. The molecule has 1 heterocycles. The van der Waals surface area contributed by atoms with Gasteiger partial charge in [-0.1, -0.05) is 18.2 Å². The van der Waals surface area contributed by atoms with Crippen molar-refractivity contribution in [3.8, 4) is 5.75 Å². The highest BCUT2D eigenvalue weighted by atomic mass is 35.5. The highest BCUT2D eigenvalue weighted by Gasteiger charge is 2.18. The van der Waals surface area contributed by atoms with E-state index in [2.05, 4.69) is 0 Å². The Bertz CT molecular complexity index is 594. The van der Waals surface area contributed by atoms with Gasteiger partial charge in [-0.15, -0.1) is 0 Å². The third-order valence-corrected chi connectivity index (χ3v) is 3.17. The van der Waals surface area contributed by atoms with Crippen LogP contribution < -0.4 is 4.74 Å². The van der Waals surface area contributed by atoms with Crippen LogP contribution in [-0.4, -0.2) is 24.5 Å². The first-order valence-electron chi connectivity index (χ1n) is 6.32. The SMILES string of the molecule is CCOc1ccccc1CN(C)C(=O)c1ccoc1Cl. The minimum Gasteiger partial charge on any atom is -0.494 e. The topological polar surface area (TPSA) is 42.7 Å². The lowest BCUT2D eigenvalue weighted by Gasteiger charge is -2.18. The van der Waals surface area contributed by atoms with Gasteiger partial charge >= 0.3 is 0 Å². The van der Waals surface area contributed by atoms with E-state index in [1.54, 1.807) is 18.0 Å². The van der Waals surface area contributed by atoms with Crippen LogP contribution in [0, 0.1) is 0 Å². The van der Waals surface area contributed by atoms with Crippen LogP contribution in [0.5, 0.6) is 5.75 Å². The molecule has 1 aromatic carbocycles. The van der Waals surface area contributed by atoms with Crippen LogP contribution in [0.15, 0.2) is 41.0 Å². The van der Waals surface area contributed by atoms with Crippen LogP contribution in [-0.2, 0) is 6.54 Å². The number of carbonyl (C=O) groups is 1. The first-order valence-corrected chi connectivity index (χ1v) is 6.70. The number of halogens is 1. The molecule has 4 nitrogen and oxygen atoms in total. The molecule has 0 aliphatic heterocycles. The van der Waals surface area contributed by atoms with Crippen molar-refractivity contribution < 1.29 is 13.9 Å². The molecule has 2 rings (SSSR count). The minimum atomic E-state index is -0.185. The predicted octanol–water partition coefficient (Wildman–Crippen LogP) is 3.60. The van der Waals surface area contributed by atoms with Crippen molar-refractivity contribution in [2.45, 2.75) is 13.5 Å². The van der Waals surface area contributed by atoms with E-state index in [1.807, 2.05) is 31.2 Å². The zero-order valence-electron chi connectivity index (χ0n) is 11.4. The van der Waals surface area contributed by atoms with Crippen LogP contribution in [0.2, 0.25) is 5.22 Å². The number of amides is 1. The average Bonchev–Trinajstić information content (AvgIpc) is 2.86. The Morgan fingerprint density at radius 1 is 1.35 bits per heavy atom. The summed E-state index contributed by atoms with van der Waals surface area (Å²) in [5, 5.41) is 0.111. The fraction of sp³-hybridized carbons (Fsp3) is 0.267. The standard InChI is InChI=1S/C15H16ClNO3/c1-3-19-13-7-5-4-6-11(13)10-17(2)15(18)12-8-9-20-14(12)16/h4-9H,3,10H2,1-2H3. The van der Waals surface area contributed by atoms with E-state index < -0.39 is 0 Å². The summed E-state index contributed by atoms with van der Waals surface area (Å²) in [5.41, 5.74) is 1.31. The molecule has 0 radical (unpaired) electrons. The number of carbonyl (C=O) groups excluding carboxylic acids is 1. The molecule has 0 aliphatic carbocycles. The van der Waals surface area contributed by atoms with Gasteiger partial charge in [-0.2, -0.15) is 0 Å². The van der Waals surface area contributed by atoms with E-state index in [1.165, 1.54) is 6.26 Å². The molecule has 0 saturated heterocycles. The van der Waals surface area contributed by atoms with E-state index in [0.29, 0.717) is 18.7 Å². The van der Waals surface area contributed by atoms with E-state index >= 15 is 0 Å². The number of nitrogens with zero attached hydrogens (tertiary/aromatic N) is 1. The van der Waals surface area contributed by atoms with Gasteiger partial charge in [0.25, 0.3) is 5.91 Å². The first kappa shape index (κ1) is 14.5. The predicted molar refractivity (Wildman–Crippen MR) is 77.1 cm³/mol. The number of furan rings is 1. The second-order valence-electron chi connectivity index (χ2n) is 4.31. The summed E-state index contributed by atoms with van der Waals surface area (Å²) < 4.78 is 10.5. The number of rotatable bonds is 5. The summed E-state index contributed by atoms with van der Waals surface area (Å²) in [7, 11) is 1.72. The van der Waals surface area contributed by atoms with Gasteiger partial charge in [0.1, 0.15) is 5.75 Å². The van der Waals surface area contributed by atoms with Crippen LogP contribution in [0.4, 0.5) is 0 Å². The maximum Gasteiger partial charge on any atom is 0.258 e. The number of benzene rings is 1. The molecule has 20 heavy (non-hydrogen) atoms. The third-order valence-electron chi connectivity index (χ3n) is 2.88. The number of para-hydroxylation sites is 1. The molecule has 0 unspecified atom stereocenters. The fourth-order valence-electron chi connectivity index (χ4n) is 1.91. The molecule has 0 spiro atoms. The summed E-state index contributed by atoms with van der Waals surface area (Å²) >= 11 is 5.82. The summed E-state index contributed by atoms with van der Waals surface area (Å²) in [4.78, 5) is 13.8. The second-order valence-corrected chi connectivity index (χ2v) is 4.65. The molecule has 106 valence electrons. The maximum atomic E-state index is 12.2. The molecule has 0 N–H and O–H groups in total. The fourth-order valence-corrected chi connectivity index (χ4v) is 2.11. The van der Waals surface area contributed by atoms with Crippen molar-refractivity contribution in [1.29, 1.82) is 0 Å². The van der Waals surface area contributed by atoms with Crippen LogP contribution in [0.1, 0.15) is 22.8 Å². The lowest BCUT2D eigenvalue weighted by Crippen LogP contribution is -2.26. The molecule has 5 heteroatoms. The van der Waals surface area contributed by atoms with Gasteiger partial charge in [-0.3, -0.25) is 4.79 Å². The van der Waals surface area contributed by atoms with Crippen molar-refractivity contribution >= 4 is 17.5 Å². The number of hydrogen-bond donors (Lipinski definition) is 0. The molecular weight excluding hydrogens is 278 g/mol. The van der Waals surface area contributed by atoms with Crippen molar-refractivity contribution in [3.05, 3.63) is 52.9 Å². The van der Waals surface area contributed by atoms with E-state index in [0.717, 1.165) is 11.3 Å². The Hall–Kier alpha value is -1.94. The Balaban J connectivity index is 2.14. The Morgan fingerprint density at radius 2 is 2.10 bits per heavy atom. The third kappa shape index (κ3) is 3.14. The Kier molecular flexibility index (Phi) is 4.69. The van der Waals surface area contributed by atoms with Gasteiger partial charge < -0.3 is 14.1 Å². The highest BCUT2D eigenvalue weighted by molar-refractivity contribution is 6.32. The molecule has 0 atom stereocenters. The van der Waals surface area contributed by atoms with E-state index in [4.69, 9.17) is 20.8 Å². The molecular formula is C15H16ClNO3. The van der Waals surface area contributed by atoms with Crippen molar-refractivity contribution in [1.82, 2.24) is 4.90 Å². The Morgan fingerprint density at radius 3 is 2.75 bits per heavy atom. The zero-order valence-corrected chi connectivity index (χ0v) is 12.2. The lowest BCUT2D eigenvalue weighted by molar-refractivity contribution is 0.0783. The van der Waals surface area contributed by atoms with Gasteiger partial charge in [-0.05, 0) is 30.7 Å². The molecule has 0 fully saturated rings. The summed E-state index contributed by atoms with van der Waals surface area (Å²) in [6.07, 6.45) is 1.40. The quantitative estimate of drug-likeness (QED) is 0.846. The van der Waals surface area contributed by atoms with E-state index in [-0.39, 0.29) is 11.1 Å². The normalized spacial score (nSPS) is 10.3. The van der Waals surface area contributed by atoms with Gasteiger partial charge in [-0.25, -0.2) is 0 Å². The molecule has 0 saturated carbocycles. The van der Waals surface area contributed by atoms with Crippen LogP contribution in [0.25, 0.3) is 0 Å². The van der Waals surface area contributed by atoms with Crippen molar-refractivity contribution in [3.63, 3.8) is 0 Å². The lowest BCUT2D eigenvalue weighted by atomic mass is 10.2. The average molecular weight is 294 g/mol. The second kappa shape index (κ2) is 6.48. The summed E-state index contributed by atoms with van der Waals surface area (Å²) in [6, 6.07) is 9.22. The Labute approximate surface area is 122 Å². The van der Waals surface area contributed by atoms with Gasteiger partial charge in [0.2, 0.25) is 5.22 Å². The summed E-state index contributed by atoms with van der Waals surface area (Å²) in [5.74, 6) is 0.600. The first-order chi connectivity index (χ1) is 9.63. The molecule has 1 aromatic heterocycles. The maximum absolute atomic E-state index is 12.2. The number of ether oxygens (including phenoxy) is 1. The van der Waals surface area contributed by atoms with Crippen molar-refractivity contribution in [2.75, 3.05) is 13.7 Å². The van der Waals surface area contributed by atoms with Gasteiger partial charge in [0.15, 0.2) is 0 Å². The van der Waals surface area contributed by atoms with Crippen LogP contribution >= 0.6 is 11.6 Å². The largest absolute Gasteiger partial charge is 0.494 e. The van der Waals surface area contributed by atoms with Gasteiger partial charge in [0.05, 0.1) is 18.4 Å². The minimum absolute atomic E-state index is 0.111. The summed E-state index contributed by atoms with van der Waals surface area (Å²) in [6.45, 7) is 2.95. The van der Waals surface area contributed by atoms with E-state index in [9.17, 15) is 4.79 Å². The van der Waals surface area contributed by atoms with Crippen molar-refractivity contribution in [2.24, 2.45) is 0 Å². The molecule has 0 bridgehead atoms. The van der Waals surface area contributed by atoms with Crippen LogP contribution in [0.3, 0.4) is 0 Å². The molecule has 2 aromatic rings. The highest BCUT2D eigenvalue weighted by Crippen LogP contribution is 2.22. The molecule has 0 aliphatic rings. The smallest absolute Gasteiger partial charge is 0.258 e.